The van der Waals surface area contributed by atoms with Crippen molar-refractivity contribution in [3.05, 3.63) is 34.1 Å². The number of aliphatic hydroxyl groups excluding tert-OH is 1. The second-order valence-electron chi connectivity index (χ2n) is 8.99. The van der Waals surface area contributed by atoms with Crippen molar-refractivity contribution >= 4 is 17.4 Å². The SMILES string of the molecule is Cc1nc(N2CCC3(CC2)CO[C@@H](C)[C@H]3N)c(CO)nc1-c1ccc2c(c1Cl)OCC2. The molecule has 31 heavy (non-hydrogen) atoms. The number of halogens is 1. The molecule has 0 amide bonds. The minimum absolute atomic E-state index is 0.0374. The molecule has 7 nitrogen and oxygen atoms in total. The molecule has 1 aromatic heterocycles. The molecule has 3 aliphatic rings. The number of ether oxygens (including phenoxy) is 2. The van der Waals surface area contributed by atoms with E-state index >= 15 is 0 Å². The highest BCUT2D eigenvalue weighted by molar-refractivity contribution is 6.35. The second-order valence-corrected chi connectivity index (χ2v) is 9.37. The lowest BCUT2D eigenvalue weighted by Crippen LogP contribution is -2.51. The van der Waals surface area contributed by atoms with Gasteiger partial charge in [-0.25, -0.2) is 9.97 Å². The molecule has 1 aromatic carbocycles. The predicted molar refractivity (Wildman–Crippen MR) is 120 cm³/mol. The summed E-state index contributed by atoms with van der Waals surface area (Å²) in [6.45, 7) is 6.81. The highest BCUT2D eigenvalue weighted by Crippen LogP contribution is 2.43. The van der Waals surface area contributed by atoms with Gasteiger partial charge in [-0.1, -0.05) is 23.7 Å². The van der Waals surface area contributed by atoms with Crippen molar-refractivity contribution in [2.24, 2.45) is 11.1 Å². The van der Waals surface area contributed by atoms with Crippen LogP contribution in [0.1, 0.15) is 36.7 Å². The predicted octanol–water partition coefficient (Wildman–Crippen LogP) is 2.87. The van der Waals surface area contributed by atoms with E-state index in [9.17, 15) is 5.11 Å². The molecule has 166 valence electrons. The molecule has 0 radical (unpaired) electrons. The zero-order valence-electron chi connectivity index (χ0n) is 18.0. The maximum atomic E-state index is 10.1. The van der Waals surface area contributed by atoms with Crippen LogP contribution < -0.4 is 15.4 Å². The van der Waals surface area contributed by atoms with Gasteiger partial charge >= 0.3 is 0 Å². The van der Waals surface area contributed by atoms with Crippen LogP contribution in [0.15, 0.2) is 12.1 Å². The molecule has 8 heteroatoms. The van der Waals surface area contributed by atoms with Crippen molar-refractivity contribution in [3.63, 3.8) is 0 Å². The van der Waals surface area contributed by atoms with Crippen LogP contribution in [-0.4, -0.2) is 53.5 Å². The lowest BCUT2D eigenvalue weighted by molar-refractivity contribution is 0.0973. The van der Waals surface area contributed by atoms with Gasteiger partial charge in [0.25, 0.3) is 0 Å². The van der Waals surface area contributed by atoms with Crippen molar-refractivity contribution in [1.29, 1.82) is 0 Å². The van der Waals surface area contributed by atoms with E-state index in [4.69, 9.17) is 36.8 Å². The largest absolute Gasteiger partial charge is 0.491 e. The summed E-state index contributed by atoms with van der Waals surface area (Å²) in [6.07, 6.45) is 2.85. The zero-order chi connectivity index (χ0) is 21.8. The summed E-state index contributed by atoms with van der Waals surface area (Å²) in [6, 6.07) is 4.07. The molecule has 2 saturated heterocycles. The summed E-state index contributed by atoms with van der Waals surface area (Å²) < 4.78 is 11.5. The molecule has 1 spiro atoms. The lowest BCUT2D eigenvalue weighted by Gasteiger charge is -2.42. The number of aliphatic hydroxyl groups is 1. The Morgan fingerprint density at radius 2 is 2.06 bits per heavy atom. The highest BCUT2D eigenvalue weighted by atomic mass is 35.5. The third kappa shape index (κ3) is 3.39. The first-order valence-corrected chi connectivity index (χ1v) is 11.4. The van der Waals surface area contributed by atoms with Crippen LogP contribution in [-0.2, 0) is 17.8 Å². The van der Waals surface area contributed by atoms with E-state index in [1.165, 1.54) is 0 Å². The van der Waals surface area contributed by atoms with Crippen LogP contribution in [0.5, 0.6) is 5.75 Å². The van der Waals surface area contributed by atoms with Gasteiger partial charge in [-0.2, -0.15) is 0 Å². The van der Waals surface area contributed by atoms with Gasteiger partial charge in [0, 0.05) is 36.5 Å². The Morgan fingerprint density at radius 3 is 2.74 bits per heavy atom. The van der Waals surface area contributed by atoms with Crippen molar-refractivity contribution in [1.82, 2.24) is 9.97 Å². The molecule has 3 aliphatic heterocycles. The molecule has 0 unspecified atom stereocenters. The number of benzene rings is 1. The number of aromatic nitrogens is 2. The Morgan fingerprint density at radius 1 is 1.29 bits per heavy atom. The van der Waals surface area contributed by atoms with Gasteiger partial charge in [-0.3, -0.25) is 0 Å². The molecule has 4 heterocycles. The first-order chi connectivity index (χ1) is 14.9. The second kappa shape index (κ2) is 7.89. The average molecular weight is 445 g/mol. The van der Waals surface area contributed by atoms with E-state index in [0.29, 0.717) is 23.0 Å². The van der Waals surface area contributed by atoms with E-state index in [0.717, 1.165) is 67.3 Å². The Hall–Kier alpha value is -1.93. The summed E-state index contributed by atoms with van der Waals surface area (Å²) in [7, 11) is 0. The standard InChI is InChI=1S/C23H29ClN4O3/c1-13-19(16-4-3-15-5-10-30-20(15)18(16)24)27-17(11-29)22(26-13)28-8-6-23(7-9-28)12-31-14(2)21(23)25/h3-4,14,21,29H,5-12,25H2,1-2H3/t14-,21+/m0/s1. The van der Waals surface area contributed by atoms with Crippen molar-refractivity contribution in [3.8, 4) is 17.0 Å². The van der Waals surface area contributed by atoms with Gasteiger partial charge < -0.3 is 25.2 Å². The number of nitrogens with two attached hydrogens (primary N) is 1. The number of hydrogen-bond acceptors (Lipinski definition) is 7. The molecule has 2 aromatic rings. The van der Waals surface area contributed by atoms with E-state index in [1.54, 1.807) is 0 Å². The molecule has 0 saturated carbocycles. The maximum absolute atomic E-state index is 10.1. The summed E-state index contributed by atoms with van der Waals surface area (Å²) in [5, 5.41) is 10.7. The van der Waals surface area contributed by atoms with Gasteiger partial charge in [0.15, 0.2) is 5.82 Å². The normalized spacial score (nSPS) is 24.5. The Bertz CT molecular complexity index is 1010. The van der Waals surface area contributed by atoms with Crippen LogP contribution in [0.4, 0.5) is 5.82 Å². The van der Waals surface area contributed by atoms with Crippen molar-refractivity contribution in [2.75, 3.05) is 31.2 Å². The van der Waals surface area contributed by atoms with Crippen LogP contribution in [0.3, 0.4) is 0 Å². The monoisotopic (exact) mass is 444 g/mol. The third-order valence-corrected chi connectivity index (χ3v) is 7.60. The number of rotatable bonds is 3. The Kier molecular flexibility index (Phi) is 5.33. The fraction of sp³-hybridized carbons (Fsp3) is 0.565. The molecule has 0 aliphatic carbocycles. The van der Waals surface area contributed by atoms with Crippen molar-refractivity contribution in [2.45, 2.75) is 51.9 Å². The van der Waals surface area contributed by atoms with E-state index < -0.39 is 0 Å². The van der Waals surface area contributed by atoms with Gasteiger partial charge in [0.05, 0.1) is 42.3 Å². The Balaban J connectivity index is 1.44. The van der Waals surface area contributed by atoms with E-state index in [1.807, 2.05) is 19.1 Å². The smallest absolute Gasteiger partial charge is 0.153 e. The van der Waals surface area contributed by atoms with Gasteiger partial charge in [0.1, 0.15) is 11.4 Å². The minimum Gasteiger partial charge on any atom is -0.491 e. The first kappa shape index (κ1) is 20.9. The number of nitrogens with zero attached hydrogens (tertiary/aromatic N) is 3. The van der Waals surface area contributed by atoms with E-state index in [-0.39, 0.29) is 24.2 Å². The molecule has 2 atom stereocenters. The first-order valence-electron chi connectivity index (χ1n) is 11.0. The molecule has 0 bridgehead atoms. The Labute approximate surface area is 187 Å². The summed E-state index contributed by atoms with van der Waals surface area (Å²) in [5.74, 6) is 1.48. The number of piperidine rings is 1. The van der Waals surface area contributed by atoms with Crippen LogP contribution in [0.25, 0.3) is 11.3 Å². The lowest BCUT2D eigenvalue weighted by atomic mass is 9.73. The van der Waals surface area contributed by atoms with Gasteiger partial charge in [-0.05, 0) is 32.3 Å². The maximum Gasteiger partial charge on any atom is 0.153 e. The fourth-order valence-corrected chi connectivity index (χ4v) is 5.52. The summed E-state index contributed by atoms with van der Waals surface area (Å²) >= 11 is 6.65. The van der Waals surface area contributed by atoms with Gasteiger partial charge in [0.2, 0.25) is 0 Å². The fourth-order valence-electron chi connectivity index (χ4n) is 5.19. The molecule has 5 rings (SSSR count). The molecular formula is C23H29ClN4O3. The number of hydrogen-bond donors (Lipinski definition) is 2. The average Bonchev–Trinajstić information content (AvgIpc) is 3.37. The summed E-state index contributed by atoms with van der Waals surface area (Å²) in [4.78, 5) is 11.9. The van der Waals surface area contributed by atoms with E-state index in [2.05, 4.69) is 11.8 Å². The number of fused-ring (bicyclic) bond motifs is 1. The minimum atomic E-state index is -0.185. The number of anilines is 1. The zero-order valence-corrected chi connectivity index (χ0v) is 18.8. The van der Waals surface area contributed by atoms with Crippen molar-refractivity contribution < 1.29 is 14.6 Å². The molecule has 3 N–H and O–H groups in total. The van der Waals surface area contributed by atoms with Crippen LogP contribution in [0, 0.1) is 12.3 Å². The van der Waals surface area contributed by atoms with Crippen LogP contribution in [0.2, 0.25) is 5.02 Å². The van der Waals surface area contributed by atoms with Gasteiger partial charge in [-0.15, -0.1) is 0 Å². The van der Waals surface area contributed by atoms with Crippen LogP contribution >= 0.6 is 11.6 Å². The number of aryl methyl sites for hydroxylation is 1. The third-order valence-electron chi connectivity index (χ3n) is 7.23. The topological polar surface area (TPSA) is 93.7 Å². The molecule has 2 fully saturated rings. The summed E-state index contributed by atoms with van der Waals surface area (Å²) in [5.41, 5.74) is 10.4. The quantitative estimate of drug-likeness (QED) is 0.751. The highest BCUT2D eigenvalue weighted by Gasteiger charge is 2.47. The molecular weight excluding hydrogens is 416 g/mol.